The number of carbonyl (C=O) groups is 2. The van der Waals surface area contributed by atoms with Crippen molar-refractivity contribution < 1.29 is 24.2 Å². The third kappa shape index (κ3) is 7.00. The second-order valence-corrected chi connectivity index (χ2v) is 11.5. The lowest BCUT2D eigenvalue weighted by atomic mass is 9.85. The van der Waals surface area contributed by atoms with Gasteiger partial charge in [0.1, 0.15) is 5.60 Å². The van der Waals surface area contributed by atoms with E-state index in [4.69, 9.17) is 21.1 Å². The van der Waals surface area contributed by atoms with Crippen LogP contribution in [-0.2, 0) is 22.3 Å². The van der Waals surface area contributed by atoms with Crippen LogP contribution in [0, 0.1) is 6.92 Å². The molecule has 0 fully saturated rings. The van der Waals surface area contributed by atoms with E-state index in [9.17, 15) is 14.7 Å². The Morgan fingerprint density at radius 2 is 1.69 bits per heavy atom. The van der Waals surface area contributed by atoms with Crippen molar-refractivity contribution in [3.8, 4) is 11.1 Å². The monoisotopic (exact) mass is 549 g/mol. The molecule has 2 atom stereocenters. The van der Waals surface area contributed by atoms with Crippen LogP contribution in [0.4, 0.5) is 4.79 Å². The van der Waals surface area contributed by atoms with Crippen molar-refractivity contribution in [3.63, 3.8) is 0 Å². The zero-order chi connectivity index (χ0) is 28.3. The highest BCUT2D eigenvalue weighted by Crippen LogP contribution is 2.32. The lowest BCUT2D eigenvalue weighted by molar-refractivity contribution is 0.00195. The lowest BCUT2D eigenvalue weighted by Gasteiger charge is -2.37. The van der Waals surface area contributed by atoms with E-state index in [1.54, 1.807) is 35.2 Å². The van der Waals surface area contributed by atoms with E-state index in [1.807, 2.05) is 39.8 Å². The number of hydrogen-bond acceptors (Lipinski definition) is 5. The van der Waals surface area contributed by atoms with Crippen LogP contribution in [0.25, 0.3) is 11.1 Å². The maximum atomic E-state index is 13.4. The summed E-state index contributed by atoms with van der Waals surface area (Å²) in [6.07, 6.45) is 0.922. The minimum absolute atomic E-state index is 0.115. The van der Waals surface area contributed by atoms with Gasteiger partial charge in [0.15, 0.2) is 0 Å². The molecule has 1 aliphatic rings. The number of esters is 1. The highest BCUT2D eigenvalue weighted by Gasteiger charge is 2.33. The van der Waals surface area contributed by atoms with Gasteiger partial charge in [-0.2, -0.15) is 0 Å². The van der Waals surface area contributed by atoms with E-state index in [0.717, 1.165) is 35.1 Å². The predicted molar refractivity (Wildman–Crippen MR) is 153 cm³/mol. The van der Waals surface area contributed by atoms with Crippen molar-refractivity contribution in [2.45, 2.75) is 64.7 Å². The highest BCUT2D eigenvalue weighted by atomic mass is 35.5. The quantitative estimate of drug-likeness (QED) is 0.337. The van der Waals surface area contributed by atoms with Crippen LogP contribution >= 0.6 is 11.6 Å². The summed E-state index contributed by atoms with van der Waals surface area (Å²) in [6.45, 7) is 7.54. The molecule has 6 nitrogen and oxygen atoms in total. The number of carbonyl (C=O) groups excluding carboxylic acids is 2. The van der Waals surface area contributed by atoms with E-state index >= 15 is 0 Å². The maximum Gasteiger partial charge on any atom is 0.410 e. The summed E-state index contributed by atoms with van der Waals surface area (Å²) < 4.78 is 10.6. The SMILES string of the molecule is COC(=O)c1ccc(-c2ccc3c(c2)C[C@@H](N(C[C@@H](O)c2ccc(Cl)cc2)C(=O)OC(C)(C)C)CC3)cc1C. The number of ether oxygens (including phenoxy) is 2. The van der Waals surface area contributed by atoms with Crippen molar-refractivity contribution in [2.75, 3.05) is 13.7 Å². The van der Waals surface area contributed by atoms with E-state index in [-0.39, 0.29) is 18.6 Å². The zero-order valence-electron chi connectivity index (χ0n) is 23.2. The van der Waals surface area contributed by atoms with Crippen molar-refractivity contribution in [3.05, 3.63) is 93.5 Å². The van der Waals surface area contributed by atoms with Gasteiger partial charge in [0.25, 0.3) is 0 Å². The van der Waals surface area contributed by atoms with Gasteiger partial charge in [0, 0.05) is 11.1 Å². The van der Waals surface area contributed by atoms with Crippen molar-refractivity contribution in [1.29, 1.82) is 0 Å². The van der Waals surface area contributed by atoms with Gasteiger partial charge in [-0.15, -0.1) is 0 Å². The number of hydrogen-bond donors (Lipinski definition) is 1. The summed E-state index contributed by atoms with van der Waals surface area (Å²) in [5.41, 5.74) is 5.89. The van der Waals surface area contributed by atoms with Crippen LogP contribution in [0.3, 0.4) is 0 Å². The fraction of sp³-hybridized carbons (Fsp3) is 0.375. The van der Waals surface area contributed by atoms with E-state index in [0.29, 0.717) is 22.6 Å². The number of fused-ring (bicyclic) bond motifs is 1. The smallest absolute Gasteiger partial charge is 0.410 e. The third-order valence-corrected chi connectivity index (χ3v) is 7.32. The molecular weight excluding hydrogens is 514 g/mol. The van der Waals surface area contributed by atoms with Crippen LogP contribution < -0.4 is 0 Å². The van der Waals surface area contributed by atoms with Gasteiger partial charge in [-0.3, -0.25) is 0 Å². The first kappa shape index (κ1) is 28.7. The predicted octanol–water partition coefficient (Wildman–Crippen LogP) is 6.93. The second kappa shape index (κ2) is 11.8. The number of aliphatic hydroxyl groups is 1. The number of amides is 1. The maximum absolute atomic E-state index is 13.4. The Hall–Kier alpha value is -3.35. The molecule has 0 saturated carbocycles. The number of methoxy groups -OCH3 is 1. The molecule has 3 aromatic rings. The molecule has 0 spiro atoms. The molecule has 0 heterocycles. The van der Waals surface area contributed by atoms with E-state index in [2.05, 4.69) is 18.2 Å². The Morgan fingerprint density at radius 1 is 1.03 bits per heavy atom. The van der Waals surface area contributed by atoms with Crippen LogP contribution in [0.1, 0.15) is 65.9 Å². The van der Waals surface area contributed by atoms with Crippen molar-refractivity contribution in [2.24, 2.45) is 0 Å². The third-order valence-electron chi connectivity index (χ3n) is 7.07. The fourth-order valence-electron chi connectivity index (χ4n) is 5.04. The molecule has 0 saturated heterocycles. The van der Waals surface area contributed by atoms with Gasteiger partial charge in [-0.25, -0.2) is 9.59 Å². The number of benzene rings is 3. The molecular formula is C32H36ClNO5. The molecule has 0 bridgehead atoms. The standard InChI is InChI=1S/C32H36ClNO5/c1-20-16-23(11-15-28(20)30(36)38-5)24-7-6-21-10-14-27(18-25(21)17-24)34(31(37)39-32(2,3)4)19-29(35)22-8-12-26(33)13-9-22/h6-9,11-13,15-17,27,29,35H,10,14,18-19H2,1-5H3/t27-,29+/m0/s1. The van der Waals surface area contributed by atoms with Gasteiger partial charge in [-0.05, 0) is 98.5 Å². The first-order chi connectivity index (χ1) is 18.4. The Bertz CT molecular complexity index is 1350. The van der Waals surface area contributed by atoms with Crippen molar-refractivity contribution >= 4 is 23.7 Å². The van der Waals surface area contributed by atoms with Crippen LogP contribution in [0.15, 0.2) is 60.7 Å². The Morgan fingerprint density at radius 3 is 2.33 bits per heavy atom. The average molecular weight is 550 g/mol. The minimum atomic E-state index is -0.876. The average Bonchev–Trinajstić information content (AvgIpc) is 2.89. The van der Waals surface area contributed by atoms with Gasteiger partial charge >= 0.3 is 12.1 Å². The summed E-state index contributed by atoms with van der Waals surface area (Å²) in [5, 5.41) is 11.6. The Labute approximate surface area is 235 Å². The highest BCUT2D eigenvalue weighted by molar-refractivity contribution is 6.30. The Balaban J connectivity index is 1.60. The minimum Gasteiger partial charge on any atom is -0.465 e. The molecule has 1 aliphatic carbocycles. The van der Waals surface area contributed by atoms with Gasteiger partial charge < -0.3 is 19.5 Å². The summed E-state index contributed by atoms with van der Waals surface area (Å²) in [7, 11) is 1.38. The van der Waals surface area contributed by atoms with Gasteiger partial charge in [0.05, 0.1) is 25.3 Å². The number of aryl methyl sites for hydroxylation is 2. The zero-order valence-corrected chi connectivity index (χ0v) is 23.9. The van der Waals surface area contributed by atoms with Crippen LogP contribution in [-0.4, -0.2) is 47.4 Å². The van der Waals surface area contributed by atoms with Gasteiger partial charge in [0.2, 0.25) is 0 Å². The summed E-state index contributed by atoms with van der Waals surface area (Å²) in [5.74, 6) is -0.352. The van der Waals surface area contributed by atoms with Crippen LogP contribution in [0.5, 0.6) is 0 Å². The number of aliphatic hydroxyl groups excluding tert-OH is 1. The summed E-state index contributed by atoms with van der Waals surface area (Å²) in [6, 6.07) is 19.0. The molecule has 3 aromatic carbocycles. The second-order valence-electron chi connectivity index (χ2n) is 11.1. The normalized spacial score (nSPS) is 15.7. The molecule has 0 radical (unpaired) electrons. The fourth-order valence-corrected chi connectivity index (χ4v) is 5.16. The molecule has 0 aromatic heterocycles. The topological polar surface area (TPSA) is 76.1 Å². The Kier molecular flexibility index (Phi) is 8.67. The summed E-state index contributed by atoms with van der Waals surface area (Å²) >= 11 is 6.02. The molecule has 39 heavy (non-hydrogen) atoms. The summed E-state index contributed by atoms with van der Waals surface area (Å²) in [4.78, 5) is 27.0. The van der Waals surface area contributed by atoms with Crippen molar-refractivity contribution in [1.82, 2.24) is 4.90 Å². The van der Waals surface area contributed by atoms with Crippen LogP contribution in [0.2, 0.25) is 5.02 Å². The van der Waals surface area contributed by atoms with E-state index < -0.39 is 17.8 Å². The molecule has 0 aliphatic heterocycles. The van der Waals surface area contributed by atoms with E-state index in [1.165, 1.54) is 12.7 Å². The first-order valence-corrected chi connectivity index (χ1v) is 13.6. The molecule has 0 unspecified atom stereocenters. The molecule has 4 rings (SSSR count). The lowest BCUT2D eigenvalue weighted by Crippen LogP contribution is -2.47. The number of halogens is 1. The molecule has 7 heteroatoms. The molecule has 1 amide bonds. The molecule has 1 N–H and O–H groups in total. The largest absolute Gasteiger partial charge is 0.465 e. The number of nitrogens with zero attached hydrogens (tertiary/aromatic N) is 1. The molecule has 206 valence electrons. The van der Waals surface area contributed by atoms with Gasteiger partial charge in [-0.1, -0.05) is 54.1 Å². The first-order valence-electron chi connectivity index (χ1n) is 13.2. The number of rotatable bonds is 6.